The molecule has 4 unspecified atom stereocenters. The van der Waals surface area contributed by atoms with Crippen LogP contribution in [-0.4, -0.2) is 64.2 Å². The first-order valence-corrected chi connectivity index (χ1v) is 11.7. The van der Waals surface area contributed by atoms with Crippen molar-refractivity contribution in [3.8, 4) is 0 Å². The molecule has 0 aliphatic carbocycles. The Morgan fingerprint density at radius 1 is 0.917 bits per heavy atom. The molecule has 0 aromatic heterocycles. The Labute approximate surface area is 210 Å². The van der Waals surface area contributed by atoms with Gasteiger partial charge in [0.1, 0.15) is 17.6 Å². The van der Waals surface area contributed by atoms with Gasteiger partial charge in [0, 0.05) is 13.3 Å². The second-order valence-corrected chi connectivity index (χ2v) is 9.29. The van der Waals surface area contributed by atoms with Gasteiger partial charge in [0.05, 0.1) is 6.04 Å². The van der Waals surface area contributed by atoms with Crippen molar-refractivity contribution in [1.29, 1.82) is 0 Å². The Kier molecular flexibility index (Phi) is 11.2. The highest BCUT2D eigenvalue weighted by molar-refractivity contribution is 6.38. The molecule has 1 aromatic carbocycles. The highest BCUT2D eigenvalue weighted by Crippen LogP contribution is 2.11. The van der Waals surface area contributed by atoms with Gasteiger partial charge in [-0.2, -0.15) is 0 Å². The highest BCUT2D eigenvalue weighted by atomic mass is 16.4. The van der Waals surface area contributed by atoms with E-state index in [2.05, 4.69) is 21.3 Å². The van der Waals surface area contributed by atoms with E-state index in [0.717, 1.165) is 5.56 Å². The number of hydrogen-bond donors (Lipinski definition) is 5. The van der Waals surface area contributed by atoms with Crippen molar-refractivity contribution in [2.24, 2.45) is 5.92 Å². The third-order valence-electron chi connectivity index (χ3n) is 5.70. The molecule has 36 heavy (non-hydrogen) atoms. The topological polar surface area (TPSA) is 171 Å². The number of aliphatic carboxylic acids is 1. The first-order valence-electron chi connectivity index (χ1n) is 11.7. The summed E-state index contributed by atoms with van der Waals surface area (Å²) in [6.45, 7) is 8.63. The molecule has 0 saturated carbocycles. The summed E-state index contributed by atoms with van der Waals surface area (Å²) in [5.74, 6) is -5.61. The van der Waals surface area contributed by atoms with Crippen molar-refractivity contribution in [3.63, 3.8) is 0 Å². The van der Waals surface area contributed by atoms with Crippen LogP contribution in [-0.2, 0) is 35.2 Å². The van der Waals surface area contributed by atoms with Crippen LogP contribution < -0.4 is 21.3 Å². The molecule has 0 bridgehead atoms. The minimum atomic E-state index is -1.59. The van der Waals surface area contributed by atoms with Crippen molar-refractivity contribution in [2.45, 2.75) is 78.0 Å². The molecule has 198 valence electrons. The Hall–Kier alpha value is -3.76. The number of carboxylic acid groups (broad SMARTS) is 1. The molecular formula is C25H36N4O7. The quantitative estimate of drug-likeness (QED) is 0.241. The largest absolute Gasteiger partial charge is 0.480 e. The van der Waals surface area contributed by atoms with Gasteiger partial charge in [-0.05, 0) is 32.3 Å². The number of amides is 4. The summed E-state index contributed by atoms with van der Waals surface area (Å²) in [6.07, 6.45) is 0.638. The molecule has 0 radical (unpaired) electrons. The molecule has 1 aromatic rings. The van der Waals surface area contributed by atoms with Gasteiger partial charge >= 0.3 is 5.97 Å². The standard InChI is InChI=1S/C25H36N4O7/c1-7-14(2)19(22(33)29-25(5,6)24(35)36)28-23(34)20(31)15(3)26-21(32)18(27-16(4)30)13-17-11-9-8-10-12-17/h8-12,14-15,18-19H,7,13H2,1-6H3,(H,26,32)(H,27,30)(H,28,34)(H,29,33)(H,35,36). The van der Waals surface area contributed by atoms with Gasteiger partial charge in [0.2, 0.25) is 23.5 Å². The second kappa shape index (κ2) is 13.4. The van der Waals surface area contributed by atoms with Gasteiger partial charge in [0.25, 0.3) is 5.91 Å². The van der Waals surface area contributed by atoms with Crippen LogP contribution in [0.5, 0.6) is 0 Å². The molecule has 0 heterocycles. The summed E-state index contributed by atoms with van der Waals surface area (Å²) in [7, 11) is 0. The summed E-state index contributed by atoms with van der Waals surface area (Å²) in [5.41, 5.74) is -0.800. The van der Waals surface area contributed by atoms with Crippen LogP contribution in [0.15, 0.2) is 30.3 Å². The molecule has 0 aliphatic heterocycles. The van der Waals surface area contributed by atoms with Crippen LogP contribution in [0.2, 0.25) is 0 Å². The monoisotopic (exact) mass is 504 g/mol. The van der Waals surface area contributed by atoms with Crippen molar-refractivity contribution >= 4 is 35.4 Å². The van der Waals surface area contributed by atoms with Crippen LogP contribution in [0.25, 0.3) is 0 Å². The first kappa shape index (κ1) is 30.3. The summed E-state index contributed by atoms with van der Waals surface area (Å²) >= 11 is 0. The fraction of sp³-hybridized carbons (Fsp3) is 0.520. The molecule has 4 atom stereocenters. The molecule has 0 spiro atoms. The number of hydrogen-bond acceptors (Lipinski definition) is 6. The Morgan fingerprint density at radius 3 is 2.00 bits per heavy atom. The molecule has 11 heteroatoms. The van der Waals surface area contributed by atoms with Gasteiger partial charge in [-0.25, -0.2) is 4.79 Å². The lowest BCUT2D eigenvalue weighted by atomic mass is 9.96. The maximum Gasteiger partial charge on any atom is 0.328 e. The van der Waals surface area contributed by atoms with Gasteiger partial charge in [-0.1, -0.05) is 50.6 Å². The van der Waals surface area contributed by atoms with E-state index in [9.17, 15) is 33.9 Å². The Balaban J connectivity index is 2.92. The number of ketones is 1. The molecule has 0 saturated heterocycles. The van der Waals surface area contributed by atoms with Crippen LogP contribution in [0.4, 0.5) is 0 Å². The van der Waals surface area contributed by atoms with E-state index in [1.807, 2.05) is 6.07 Å². The van der Waals surface area contributed by atoms with Crippen molar-refractivity contribution in [2.75, 3.05) is 0 Å². The fourth-order valence-corrected chi connectivity index (χ4v) is 3.23. The SMILES string of the molecule is CCC(C)C(NC(=O)C(=O)C(C)NC(=O)C(Cc1ccccc1)NC(C)=O)C(=O)NC(C)(C)C(=O)O. The minimum absolute atomic E-state index is 0.176. The van der Waals surface area contributed by atoms with Crippen LogP contribution in [0, 0.1) is 5.92 Å². The van der Waals surface area contributed by atoms with Gasteiger partial charge in [-0.15, -0.1) is 0 Å². The minimum Gasteiger partial charge on any atom is -0.480 e. The zero-order valence-corrected chi connectivity index (χ0v) is 21.5. The summed E-state index contributed by atoms with van der Waals surface area (Å²) in [5, 5.41) is 19.0. The average Bonchev–Trinajstić information content (AvgIpc) is 2.80. The van der Waals surface area contributed by atoms with E-state index in [0.29, 0.717) is 6.42 Å². The summed E-state index contributed by atoms with van der Waals surface area (Å²) in [6, 6.07) is 5.57. The van der Waals surface area contributed by atoms with E-state index in [1.54, 1.807) is 38.1 Å². The fourth-order valence-electron chi connectivity index (χ4n) is 3.23. The lowest BCUT2D eigenvalue weighted by molar-refractivity contribution is -0.147. The zero-order valence-electron chi connectivity index (χ0n) is 21.5. The summed E-state index contributed by atoms with van der Waals surface area (Å²) in [4.78, 5) is 73.8. The highest BCUT2D eigenvalue weighted by Gasteiger charge is 2.36. The lowest BCUT2D eigenvalue weighted by Crippen LogP contribution is -2.60. The van der Waals surface area contributed by atoms with Crippen molar-refractivity contribution in [3.05, 3.63) is 35.9 Å². The number of carboxylic acids is 1. The molecule has 5 N–H and O–H groups in total. The molecule has 0 fully saturated rings. The molecule has 0 aliphatic rings. The van der Waals surface area contributed by atoms with E-state index in [-0.39, 0.29) is 6.42 Å². The van der Waals surface area contributed by atoms with Gasteiger partial charge in [0.15, 0.2) is 0 Å². The number of benzene rings is 1. The number of nitrogens with one attached hydrogen (secondary N) is 4. The first-order chi connectivity index (χ1) is 16.7. The Bertz CT molecular complexity index is 978. The third kappa shape index (κ3) is 9.12. The number of carbonyl (C=O) groups is 6. The smallest absolute Gasteiger partial charge is 0.328 e. The van der Waals surface area contributed by atoms with Gasteiger partial charge < -0.3 is 26.4 Å². The Morgan fingerprint density at radius 2 is 1.50 bits per heavy atom. The molecule has 1 rings (SSSR count). The number of carbonyl (C=O) groups excluding carboxylic acids is 5. The van der Waals surface area contributed by atoms with E-state index < -0.39 is 65.0 Å². The predicted molar refractivity (Wildman–Crippen MR) is 132 cm³/mol. The molecule has 4 amide bonds. The maximum atomic E-state index is 12.8. The lowest BCUT2D eigenvalue weighted by Gasteiger charge is -2.28. The van der Waals surface area contributed by atoms with Crippen LogP contribution in [0.1, 0.15) is 53.5 Å². The summed E-state index contributed by atoms with van der Waals surface area (Å²) < 4.78 is 0. The molecule has 11 nitrogen and oxygen atoms in total. The zero-order chi connectivity index (χ0) is 27.6. The average molecular weight is 505 g/mol. The van der Waals surface area contributed by atoms with Gasteiger partial charge in [-0.3, -0.25) is 24.0 Å². The van der Waals surface area contributed by atoms with Crippen LogP contribution >= 0.6 is 0 Å². The van der Waals surface area contributed by atoms with E-state index in [1.165, 1.54) is 27.7 Å². The van der Waals surface area contributed by atoms with Crippen LogP contribution in [0.3, 0.4) is 0 Å². The van der Waals surface area contributed by atoms with Crippen molar-refractivity contribution in [1.82, 2.24) is 21.3 Å². The van der Waals surface area contributed by atoms with Crippen molar-refractivity contribution < 1.29 is 33.9 Å². The third-order valence-corrected chi connectivity index (χ3v) is 5.70. The van der Waals surface area contributed by atoms with E-state index in [4.69, 9.17) is 0 Å². The predicted octanol–water partition coefficient (Wildman–Crippen LogP) is 0.318. The normalized spacial score (nSPS) is 14.4. The second-order valence-electron chi connectivity index (χ2n) is 9.29. The number of rotatable bonds is 13. The molecular weight excluding hydrogens is 468 g/mol. The maximum absolute atomic E-state index is 12.8. The number of Topliss-reactive ketones (excluding diaryl/α,β-unsaturated/α-hetero) is 1. The van der Waals surface area contributed by atoms with E-state index >= 15 is 0 Å².